The highest BCUT2D eigenvalue weighted by molar-refractivity contribution is 8.24. The molecule has 3 aliphatic rings. The van der Waals surface area contributed by atoms with Gasteiger partial charge in [0.2, 0.25) is 11.8 Å². The highest BCUT2D eigenvalue weighted by atomic mass is 32.3. The van der Waals surface area contributed by atoms with Crippen LogP contribution in [0.5, 0.6) is 0 Å². The van der Waals surface area contributed by atoms with Gasteiger partial charge in [0.25, 0.3) is 0 Å². The topological polar surface area (TPSA) is 127 Å². The molecule has 2 atom stereocenters. The van der Waals surface area contributed by atoms with Gasteiger partial charge in [-0.15, -0.1) is 0 Å². The van der Waals surface area contributed by atoms with Crippen molar-refractivity contribution < 1.29 is 31.5 Å². The van der Waals surface area contributed by atoms with Gasteiger partial charge in [0.1, 0.15) is 18.0 Å². The Balaban J connectivity index is 1.43. The number of benzene rings is 1. The maximum atomic E-state index is 14.9. The Bertz CT molecular complexity index is 1580. The van der Waals surface area contributed by atoms with Crippen LogP contribution in [-0.2, 0) is 11.5 Å². The number of aromatic nitrogens is 3. The van der Waals surface area contributed by atoms with Crippen LogP contribution in [0, 0.1) is 23.1 Å². The van der Waals surface area contributed by atoms with Crippen LogP contribution in [-0.4, -0.2) is 65.8 Å². The fourth-order valence-corrected chi connectivity index (χ4v) is 7.36. The van der Waals surface area contributed by atoms with E-state index in [0.717, 1.165) is 18.0 Å². The van der Waals surface area contributed by atoms with Crippen LogP contribution in [0.15, 0.2) is 42.6 Å². The molecule has 234 valence electrons. The van der Waals surface area contributed by atoms with E-state index < -0.39 is 65.1 Å². The first-order valence-corrected chi connectivity index (χ1v) is 16.3. The molecule has 1 amide bonds. The van der Waals surface area contributed by atoms with E-state index in [1.165, 1.54) is 10.7 Å². The molecule has 0 unspecified atom stereocenters. The second-order valence-corrected chi connectivity index (χ2v) is 14.2. The lowest BCUT2D eigenvalue weighted by molar-refractivity contribution is -0.134. The number of amides is 1. The van der Waals surface area contributed by atoms with Gasteiger partial charge in [0.05, 0.1) is 41.1 Å². The van der Waals surface area contributed by atoms with Gasteiger partial charge in [-0.05, 0) is 49.1 Å². The zero-order valence-electron chi connectivity index (χ0n) is 23.7. The average molecular weight is 633 g/mol. The Labute approximate surface area is 253 Å². The Morgan fingerprint density at radius 1 is 1.11 bits per heavy atom. The van der Waals surface area contributed by atoms with Crippen LogP contribution in [0.25, 0.3) is 16.9 Å². The molecule has 3 N–H and O–H groups in total. The molecule has 0 radical (unpaired) electrons. The van der Waals surface area contributed by atoms with Crippen LogP contribution < -0.4 is 10.2 Å². The van der Waals surface area contributed by atoms with E-state index in [4.69, 9.17) is 0 Å². The molecule has 1 saturated heterocycles. The number of pyridine rings is 1. The van der Waals surface area contributed by atoms with E-state index in [-0.39, 0.29) is 35.1 Å². The predicted molar refractivity (Wildman–Crippen MR) is 157 cm³/mol. The normalized spacial score (nSPS) is 24.2. The predicted octanol–water partition coefficient (Wildman–Crippen LogP) is 5.80. The molecule has 14 heteroatoms. The lowest BCUT2D eigenvalue weighted by Gasteiger charge is -2.41. The van der Waals surface area contributed by atoms with Gasteiger partial charge < -0.3 is 10.2 Å². The summed E-state index contributed by atoms with van der Waals surface area (Å²) in [5.41, 5.74) is 0.966. The molecular weight excluding hydrogens is 600 g/mol. The van der Waals surface area contributed by atoms with Crippen molar-refractivity contribution >= 4 is 22.2 Å². The molecule has 0 spiro atoms. The minimum Gasteiger partial charge on any atom is -0.368 e. The zero-order valence-corrected chi connectivity index (χ0v) is 24.5. The van der Waals surface area contributed by atoms with Crippen molar-refractivity contribution in [2.75, 3.05) is 29.5 Å². The van der Waals surface area contributed by atoms with Gasteiger partial charge in [-0.2, -0.15) is 21.0 Å². The Kier molecular flexibility index (Phi) is 7.84. The quantitative estimate of drug-likeness (QED) is 0.281. The number of carbonyl (C=O) groups is 1. The van der Waals surface area contributed by atoms with Gasteiger partial charge in [-0.25, -0.2) is 27.2 Å². The molecule has 9 nitrogen and oxygen atoms in total. The molecule has 3 heterocycles. The molecule has 2 saturated carbocycles. The highest BCUT2D eigenvalue weighted by Crippen LogP contribution is 2.49. The lowest BCUT2D eigenvalue weighted by atomic mass is 9.73. The van der Waals surface area contributed by atoms with Crippen molar-refractivity contribution in [1.29, 1.82) is 5.26 Å². The van der Waals surface area contributed by atoms with Crippen LogP contribution >= 0.6 is 10.6 Å². The monoisotopic (exact) mass is 632 g/mol. The SMILES string of the molecule is N#CC1(NC(=O)[C@@H]2CC(F)(F)CC[C@H]2c2nn(-c3ccc(F)cn3)c(CF)c2-c2ccc(N3CCS(O)(O)CC3)cc2)CC1. The molecule has 2 aliphatic carbocycles. The van der Waals surface area contributed by atoms with E-state index in [9.17, 15) is 36.7 Å². The Morgan fingerprint density at radius 2 is 1.82 bits per heavy atom. The van der Waals surface area contributed by atoms with Crippen LogP contribution in [0.1, 0.15) is 49.4 Å². The van der Waals surface area contributed by atoms with E-state index in [1.54, 1.807) is 12.1 Å². The second kappa shape index (κ2) is 11.4. The van der Waals surface area contributed by atoms with Crippen molar-refractivity contribution in [3.63, 3.8) is 0 Å². The molecule has 6 rings (SSSR count). The molecule has 2 aromatic heterocycles. The molecule has 0 bridgehead atoms. The number of nitrogens with one attached hydrogen (secondary N) is 1. The van der Waals surface area contributed by atoms with Crippen LogP contribution in [0.3, 0.4) is 0 Å². The van der Waals surface area contributed by atoms with E-state index >= 15 is 0 Å². The van der Waals surface area contributed by atoms with Crippen LogP contribution in [0.4, 0.5) is 23.2 Å². The standard InChI is InChI=1S/C30H32F4N6O3S/c31-16-24-26(19-1-4-21(5-2-19)39-11-13-44(42,43)14-12-39)27(38-40(24)25-6-3-20(32)17-36-25)22-7-8-30(33,34)15-23(22)28(41)37-29(18-35)9-10-29/h1-6,17,22-23,42-43H,7-16H2,(H,37,41)/t22-,23-/m1/s1. The largest absolute Gasteiger partial charge is 0.368 e. The smallest absolute Gasteiger partial charge is 0.249 e. The fraction of sp³-hybridized carbons (Fsp3) is 0.467. The number of nitrogens with zero attached hydrogens (tertiary/aromatic N) is 5. The molecule has 44 heavy (non-hydrogen) atoms. The number of halogens is 4. The summed E-state index contributed by atoms with van der Waals surface area (Å²) in [6, 6.07) is 11.7. The molecule has 3 fully saturated rings. The third-order valence-corrected chi connectivity index (χ3v) is 10.5. The van der Waals surface area contributed by atoms with Crippen molar-refractivity contribution in [2.24, 2.45) is 5.92 Å². The summed E-state index contributed by atoms with van der Waals surface area (Å²) < 4.78 is 79.4. The van der Waals surface area contributed by atoms with Crippen molar-refractivity contribution in [3.05, 3.63) is 59.8 Å². The minimum atomic E-state index is -3.11. The average Bonchev–Trinajstić information content (AvgIpc) is 3.67. The number of carbonyl (C=O) groups excluding carboxylic acids is 1. The maximum Gasteiger partial charge on any atom is 0.249 e. The van der Waals surface area contributed by atoms with Gasteiger partial charge in [-0.1, -0.05) is 12.1 Å². The number of rotatable bonds is 7. The first kappa shape index (κ1) is 30.4. The summed E-state index contributed by atoms with van der Waals surface area (Å²) in [5.74, 6) is -5.79. The lowest BCUT2D eigenvalue weighted by Crippen LogP contribution is -2.45. The number of alkyl halides is 3. The van der Waals surface area contributed by atoms with E-state index in [2.05, 4.69) is 21.5 Å². The Morgan fingerprint density at radius 3 is 2.41 bits per heavy atom. The summed E-state index contributed by atoms with van der Waals surface area (Å²) in [6.07, 6.45) is 0.500. The van der Waals surface area contributed by atoms with Gasteiger partial charge in [-0.3, -0.25) is 13.9 Å². The molecule has 1 aliphatic heterocycles. The molecule has 3 aromatic rings. The number of anilines is 1. The molecule has 1 aromatic carbocycles. The minimum absolute atomic E-state index is 0.0750. The summed E-state index contributed by atoms with van der Waals surface area (Å²) in [7, 11) is -2.59. The number of nitriles is 1. The van der Waals surface area contributed by atoms with E-state index in [0.29, 0.717) is 37.1 Å². The number of hydrogen-bond donors (Lipinski definition) is 3. The molecular formula is C30H32F4N6O3S. The first-order chi connectivity index (χ1) is 20.9. The zero-order chi connectivity index (χ0) is 31.3. The summed E-state index contributed by atoms with van der Waals surface area (Å²) in [6.45, 7) is -0.105. The van der Waals surface area contributed by atoms with Crippen molar-refractivity contribution in [2.45, 2.75) is 56.2 Å². The third kappa shape index (κ3) is 6.00. The Hall–Kier alpha value is -3.67. The first-order valence-electron chi connectivity index (χ1n) is 14.4. The van der Waals surface area contributed by atoms with Gasteiger partial charge in [0, 0.05) is 43.1 Å². The fourth-order valence-electron chi connectivity index (χ4n) is 6.13. The third-order valence-electron chi connectivity index (χ3n) is 8.80. The van der Waals surface area contributed by atoms with E-state index in [1.807, 2.05) is 17.0 Å². The maximum absolute atomic E-state index is 14.9. The highest BCUT2D eigenvalue weighted by Gasteiger charge is 2.51. The summed E-state index contributed by atoms with van der Waals surface area (Å²) in [5, 5.41) is 16.8. The number of hydrogen-bond acceptors (Lipinski definition) is 7. The summed E-state index contributed by atoms with van der Waals surface area (Å²) >= 11 is 0. The second-order valence-electron chi connectivity index (χ2n) is 11.8. The van der Waals surface area contributed by atoms with Crippen molar-refractivity contribution in [3.8, 4) is 23.0 Å². The van der Waals surface area contributed by atoms with Gasteiger partial charge >= 0.3 is 0 Å². The van der Waals surface area contributed by atoms with Crippen LogP contribution in [0.2, 0.25) is 0 Å². The van der Waals surface area contributed by atoms with Crippen molar-refractivity contribution in [1.82, 2.24) is 20.1 Å². The van der Waals surface area contributed by atoms with Gasteiger partial charge in [0.15, 0.2) is 5.82 Å². The summed E-state index contributed by atoms with van der Waals surface area (Å²) in [4.78, 5) is 19.5.